The third-order valence-electron chi connectivity index (χ3n) is 4.44. The van der Waals surface area contributed by atoms with Gasteiger partial charge in [0.1, 0.15) is 0 Å². The number of unbranched alkanes of at least 4 members (excludes halogenated alkanes) is 1. The Bertz CT molecular complexity index is 523. The van der Waals surface area contributed by atoms with Crippen molar-refractivity contribution in [2.24, 2.45) is 0 Å². The molecule has 0 unspecified atom stereocenters. The monoisotopic (exact) mass is 323 g/mol. The van der Waals surface area contributed by atoms with Crippen molar-refractivity contribution in [1.29, 1.82) is 0 Å². The number of halogens is 1. The summed E-state index contributed by atoms with van der Waals surface area (Å²) in [6.45, 7) is 0.645. The second-order valence-electron chi connectivity index (χ2n) is 6.02. The van der Waals surface area contributed by atoms with Gasteiger partial charge in [0.15, 0.2) is 0 Å². The summed E-state index contributed by atoms with van der Waals surface area (Å²) < 4.78 is 0. The van der Waals surface area contributed by atoms with Crippen molar-refractivity contribution < 1.29 is 14.7 Å². The molecule has 120 valence electrons. The SMILES string of the molecule is O=C(O)CCCCC(=O)NCC1(c2ccc(Cl)cc2)CCC1. The van der Waals surface area contributed by atoms with E-state index in [0.29, 0.717) is 25.8 Å². The number of carbonyl (C=O) groups excluding carboxylic acids is 1. The first-order chi connectivity index (χ1) is 10.5. The quantitative estimate of drug-likeness (QED) is 0.719. The summed E-state index contributed by atoms with van der Waals surface area (Å²) in [6.07, 6.45) is 5.02. The summed E-state index contributed by atoms with van der Waals surface area (Å²) in [5.41, 5.74) is 1.27. The molecule has 2 rings (SSSR count). The number of rotatable bonds is 8. The molecule has 0 aromatic heterocycles. The predicted molar refractivity (Wildman–Crippen MR) is 86.1 cm³/mol. The second-order valence-corrected chi connectivity index (χ2v) is 6.45. The zero-order valence-electron chi connectivity index (χ0n) is 12.6. The van der Waals surface area contributed by atoms with Crippen LogP contribution in [0.2, 0.25) is 5.02 Å². The van der Waals surface area contributed by atoms with Crippen molar-refractivity contribution in [2.75, 3.05) is 6.54 Å². The molecule has 1 aliphatic carbocycles. The minimum Gasteiger partial charge on any atom is -0.481 e. The molecule has 1 aliphatic rings. The molecule has 1 fully saturated rings. The normalized spacial score (nSPS) is 15.9. The van der Waals surface area contributed by atoms with Gasteiger partial charge >= 0.3 is 5.97 Å². The summed E-state index contributed by atoms with van der Waals surface area (Å²) in [4.78, 5) is 22.3. The van der Waals surface area contributed by atoms with Gasteiger partial charge in [0.25, 0.3) is 0 Å². The number of carbonyl (C=O) groups is 2. The van der Waals surface area contributed by atoms with Crippen LogP contribution in [0.5, 0.6) is 0 Å². The van der Waals surface area contributed by atoms with Gasteiger partial charge in [0.05, 0.1) is 0 Å². The van der Waals surface area contributed by atoms with Gasteiger partial charge in [-0.25, -0.2) is 0 Å². The molecule has 0 bridgehead atoms. The van der Waals surface area contributed by atoms with Crippen molar-refractivity contribution in [3.63, 3.8) is 0 Å². The molecule has 0 saturated heterocycles. The molecule has 0 radical (unpaired) electrons. The fourth-order valence-corrected chi connectivity index (χ4v) is 3.02. The molecule has 1 saturated carbocycles. The van der Waals surface area contributed by atoms with Crippen LogP contribution in [0.3, 0.4) is 0 Å². The van der Waals surface area contributed by atoms with Crippen LogP contribution in [-0.4, -0.2) is 23.5 Å². The van der Waals surface area contributed by atoms with Crippen molar-refractivity contribution >= 4 is 23.5 Å². The van der Waals surface area contributed by atoms with E-state index in [1.165, 1.54) is 12.0 Å². The van der Waals surface area contributed by atoms with Gasteiger partial charge in [-0.05, 0) is 43.4 Å². The molecule has 1 aromatic carbocycles. The van der Waals surface area contributed by atoms with Crippen LogP contribution in [0, 0.1) is 0 Å². The molecule has 1 amide bonds. The van der Waals surface area contributed by atoms with E-state index < -0.39 is 5.97 Å². The van der Waals surface area contributed by atoms with Crippen LogP contribution in [-0.2, 0) is 15.0 Å². The summed E-state index contributed by atoms with van der Waals surface area (Å²) in [5, 5.41) is 12.3. The lowest BCUT2D eigenvalue weighted by Crippen LogP contribution is -2.45. The highest BCUT2D eigenvalue weighted by Crippen LogP contribution is 2.43. The van der Waals surface area contributed by atoms with E-state index in [2.05, 4.69) is 5.32 Å². The molecule has 22 heavy (non-hydrogen) atoms. The number of nitrogens with one attached hydrogen (secondary N) is 1. The number of aliphatic carboxylic acids is 1. The maximum Gasteiger partial charge on any atom is 0.303 e. The number of hydrogen-bond acceptors (Lipinski definition) is 2. The Kier molecular flexibility index (Phi) is 5.83. The number of amides is 1. The molecular formula is C17H22ClNO3. The topological polar surface area (TPSA) is 66.4 Å². The zero-order chi connectivity index (χ0) is 16.0. The van der Waals surface area contributed by atoms with Gasteiger partial charge in [-0.2, -0.15) is 0 Å². The highest BCUT2D eigenvalue weighted by atomic mass is 35.5. The Hall–Kier alpha value is -1.55. The van der Waals surface area contributed by atoms with E-state index in [1.54, 1.807) is 0 Å². The van der Waals surface area contributed by atoms with Gasteiger partial charge < -0.3 is 10.4 Å². The van der Waals surface area contributed by atoms with Crippen molar-refractivity contribution in [3.8, 4) is 0 Å². The fourth-order valence-electron chi connectivity index (χ4n) is 2.89. The molecule has 0 aliphatic heterocycles. The van der Waals surface area contributed by atoms with E-state index in [4.69, 9.17) is 16.7 Å². The van der Waals surface area contributed by atoms with Gasteiger partial charge in [-0.15, -0.1) is 0 Å². The van der Waals surface area contributed by atoms with Crippen molar-refractivity contribution in [1.82, 2.24) is 5.32 Å². The molecule has 0 heterocycles. The van der Waals surface area contributed by atoms with Gasteiger partial charge in [0.2, 0.25) is 5.91 Å². The molecule has 1 aromatic rings. The lowest BCUT2D eigenvalue weighted by atomic mass is 9.64. The maximum absolute atomic E-state index is 11.9. The van der Waals surface area contributed by atoms with E-state index >= 15 is 0 Å². The van der Waals surface area contributed by atoms with Crippen LogP contribution >= 0.6 is 11.6 Å². The third-order valence-corrected chi connectivity index (χ3v) is 4.69. The molecule has 2 N–H and O–H groups in total. The highest BCUT2D eigenvalue weighted by molar-refractivity contribution is 6.30. The summed E-state index contributed by atoms with van der Waals surface area (Å²) in [5.74, 6) is -0.804. The number of carboxylic acid groups (broad SMARTS) is 1. The standard InChI is InChI=1S/C17H22ClNO3/c18-14-8-6-13(7-9-14)17(10-3-11-17)12-19-15(20)4-1-2-5-16(21)22/h6-9H,1-5,10-12H2,(H,19,20)(H,21,22). The molecular weight excluding hydrogens is 302 g/mol. The Morgan fingerprint density at radius 2 is 1.77 bits per heavy atom. The average molecular weight is 324 g/mol. The van der Waals surface area contributed by atoms with Crippen LogP contribution in [0.1, 0.15) is 50.5 Å². The first-order valence-corrected chi connectivity index (χ1v) is 8.14. The summed E-state index contributed by atoms with van der Waals surface area (Å²) in [6, 6.07) is 7.87. The van der Waals surface area contributed by atoms with Crippen molar-refractivity contribution in [3.05, 3.63) is 34.9 Å². The smallest absolute Gasteiger partial charge is 0.303 e. The molecule has 0 spiro atoms. The van der Waals surface area contributed by atoms with Gasteiger partial charge in [0, 0.05) is 29.8 Å². The van der Waals surface area contributed by atoms with Crippen LogP contribution in [0.4, 0.5) is 0 Å². The van der Waals surface area contributed by atoms with Crippen LogP contribution < -0.4 is 5.32 Å². The van der Waals surface area contributed by atoms with Gasteiger partial charge in [-0.1, -0.05) is 30.2 Å². The Labute approximate surface area is 135 Å². The molecule has 0 atom stereocenters. The zero-order valence-corrected chi connectivity index (χ0v) is 13.4. The third kappa shape index (κ3) is 4.47. The van der Waals surface area contributed by atoms with E-state index in [1.807, 2.05) is 24.3 Å². The lowest BCUT2D eigenvalue weighted by molar-refractivity contribution is -0.137. The second kappa shape index (κ2) is 7.63. The highest BCUT2D eigenvalue weighted by Gasteiger charge is 2.38. The average Bonchev–Trinajstić information content (AvgIpc) is 2.44. The molecule has 5 heteroatoms. The van der Waals surface area contributed by atoms with Gasteiger partial charge in [-0.3, -0.25) is 9.59 Å². The predicted octanol–water partition coefficient (Wildman–Crippen LogP) is 3.52. The Morgan fingerprint density at radius 3 is 2.32 bits per heavy atom. The largest absolute Gasteiger partial charge is 0.481 e. The van der Waals surface area contributed by atoms with E-state index in [-0.39, 0.29) is 17.7 Å². The minimum absolute atomic E-state index is 0.00521. The van der Waals surface area contributed by atoms with E-state index in [0.717, 1.165) is 17.9 Å². The van der Waals surface area contributed by atoms with Crippen molar-refractivity contribution in [2.45, 2.75) is 50.4 Å². The Balaban J connectivity index is 1.80. The Morgan fingerprint density at radius 1 is 1.14 bits per heavy atom. The minimum atomic E-state index is -0.809. The fraction of sp³-hybridized carbons (Fsp3) is 0.529. The first-order valence-electron chi connectivity index (χ1n) is 7.76. The first kappa shape index (κ1) is 16.8. The number of carboxylic acids is 1. The maximum atomic E-state index is 11.9. The lowest BCUT2D eigenvalue weighted by Gasteiger charge is -2.42. The number of hydrogen-bond donors (Lipinski definition) is 2. The van der Waals surface area contributed by atoms with E-state index in [9.17, 15) is 9.59 Å². The number of benzene rings is 1. The van der Waals surface area contributed by atoms with Crippen LogP contribution in [0.25, 0.3) is 0 Å². The van der Waals surface area contributed by atoms with Crippen LogP contribution in [0.15, 0.2) is 24.3 Å². The summed E-state index contributed by atoms with van der Waals surface area (Å²) >= 11 is 5.93. The summed E-state index contributed by atoms with van der Waals surface area (Å²) in [7, 11) is 0. The molecule has 4 nitrogen and oxygen atoms in total.